The third kappa shape index (κ3) is 4.32. The van der Waals surface area contributed by atoms with Gasteiger partial charge in [-0.3, -0.25) is 4.79 Å². The summed E-state index contributed by atoms with van der Waals surface area (Å²) in [7, 11) is 0. The van der Waals surface area contributed by atoms with E-state index in [1.54, 1.807) is 4.57 Å². The van der Waals surface area contributed by atoms with Crippen molar-refractivity contribution in [3.63, 3.8) is 0 Å². The summed E-state index contributed by atoms with van der Waals surface area (Å²) in [5, 5.41) is 8.96. The number of allylic oxidation sites excluding steroid dienone is 3. The minimum Gasteiger partial charge on any atom is -0.478 e. The number of carboxylic acids is 1. The number of hydrogen-bond donors (Lipinski definition) is 2. The molecule has 6 nitrogen and oxygen atoms in total. The van der Waals surface area contributed by atoms with Crippen LogP contribution in [0.4, 0.5) is 0 Å². The van der Waals surface area contributed by atoms with Gasteiger partial charge in [0, 0.05) is 16.8 Å². The Morgan fingerprint density at radius 3 is 2.48 bits per heavy atom. The first kappa shape index (κ1) is 19.8. The van der Waals surface area contributed by atoms with E-state index in [-0.39, 0.29) is 28.1 Å². The van der Waals surface area contributed by atoms with Gasteiger partial charge in [0.1, 0.15) is 5.69 Å². The number of aromatic nitrogens is 2. The standard InChI is InChI=1S/C23H21N3O3/c1-15(23(28)29)12-13-18(24)16(2)21-22(27)26(14-17-8-4-3-5-9-17)20-11-7-6-10-19(20)25-21/h3-13H,2,14,24H2,1H3,(H,28,29)/b15-12+,18-13+. The predicted octanol–water partition coefficient (Wildman–Crippen LogP) is 3.33. The molecular formula is C23H21N3O3. The molecule has 0 radical (unpaired) electrons. The Labute approximate surface area is 167 Å². The number of carbonyl (C=O) groups is 1. The molecular weight excluding hydrogens is 366 g/mol. The summed E-state index contributed by atoms with van der Waals surface area (Å²) in [5.41, 5.74) is 8.75. The van der Waals surface area contributed by atoms with Gasteiger partial charge in [0.2, 0.25) is 0 Å². The lowest BCUT2D eigenvalue weighted by Crippen LogP contribution is -2.26. The van der Waals surface area contributed by atoms with E-state index in [2.05, 4.69) is 11.6 Å². The number of rotatable bonds is 6. The summed E-state index contributed by atoms with van der Waals surface area (Å²) < 4.78 is 1.64. The van der Waals surface area contributed by atoms with Crippen LogP contribution in [0.5, 0.6) is 0 Å². The summed E-state index contributed by atoms with van der Waals surface area (Å²) in [6, 6.07) is 17.0. The zero-order valence-corrected chi connectivity index (χ0v) is 16.0. The maximum absolute atomic E-state index is 13.2. The van der Waals surface area contributed by atoms with Gasteiger partial charge < -0.3 is 15.4 Å². The number of carboxylic acid groups (broad SMARTS) is 1. The molecule has 6 heteroatoms. The molecule has 3 N–H and O–H groups in total. The molecule has 0 aliphatic heterocycles. The summed E-state index contributed by atoms with van der Waals surface area (Å²) >= 11 is 0. The van der Waals surface area contributed by atoms with E-state index >= 15 is 0 Å². The second-order valence-electron chi connectivity index (χ2n) is 6.58. The van der Waals surface area contributed by atoms with Crippen molar-refractivity contribution in [2.24, 2.45) is 5.73 Å². The molecule has 0 bridgehead atoms. The molecule has 146 valence electrons. The third-order valence-corrected chi connectivity index (χ3v) is 4.52. The molecule has 29 heavy (non-hydrogen) atoms. The van der Waals surface area contributed by atoms with Crippen LogP contribution < -0.4 is 11.3 Å². The van der Waals surface area contributed by atoms with Crippen LogP contribution in [-0.4, -0.2) is 20.6 Å². The highest BCUT2D eigenvalue weighted by Crippen LogP contribution is 2.18. The van der Waals surface area contributed by atoms with E-state index in [0.717, 1.165) is 5.56 Å². The van der Waals surface area contributed by atoms with Crippen molar-refractivity contribution >= 4 is 22.6 Å². The lowest BCUT2D eigenvalue weighted by molar-refractivity contribution is -0.132. The van der Waals surface area contributed by atoms with Crippen LogP contribution >= 0.6 is 0 Å². The van der Waals surface area contributed by atoms with Gasteiger partial charge in [-0.25, -0.2) is 9.78 Å². The second kappa shape index (κ2) is 8.39. The maximum atomic E-state index is 13.2. The van der Waals surface area contributed by atoms with Crippen LogP contribution in [0.1, 0.15) is 18.2 Å². The second-order valence-corrected chi connectivity index (χ2v) is 6.58. The van der Waals surface area contributed by atoms with Gasteiger partial charge in [-0.1, -0.05) is 55.1 Å². The van der Waals surface area contributed by atoms with Gasteiger partial charge in [0.05, 0.1) is 17.6 Å². The smallest absolute Gasteiger partial charge is 0.331 e. The highest BCUT2D eigenvalue weighted by molar-refractivity contribution is 5.86. The highest BCUT2D eigenvalue weighted by atomic mass is 16.4. The highest BCUT2D eigenvalue weighted by Gasteiger charge is 2.15. The van der Waals surface area contributed by atoms with Crippen molar-refractivity contribution in [1.82, 2.24) is 9.55 Å². The number of hydrogen-bond acceptors (Lipinski definition) is 4. The van der Waals surface area contributed by atoms with Crippen molar-refractivity contribution in [2.45, 2.75) is 13.5 Å². The van der Waals surface area contributed by atoms with Crippen molar-refractivity contribution in [1.29, 1.82) is 0 Å². The molecule has 0 unspecified atom stereocenters. The summed E-state index contributed by atoms with van der Waals surface area (Å²) in [6.07, 6.45) is 2.79. The summed E-state index contributed by atoms with van der Waals surface area (Å²) in [6.45, 7) is 5.75. The van der Waals surface area contributed by atoms with Gasteiger partial charge in [-0.05, 0) is 30.7 Å². The van der Waals surface area contributed by atoms with Crippen LogP contribution in [0.3, 0.4) is 0 Å². The molecule has 1 aromatic heterocycles. The predicted molar refractivity (Wildman–Crippen MR) is 114 cm³/mol. The van der Waals surface area contributed by atoms with E-state index in [1.807, 2.05) is 54.6 Å². The molecule has 0 amide bonds. The number of nitrogens with zero attached hydrogens (tertiary/aromatic N) is 2. The van der Waals surface area contributed by atoms with E-state index in [9.17, 15) is 9.59 Å². The van der Waals surface area contributed by atoms with Crippen molar-refractivity contribution in [3.8, 4) is 0 Å². The normalized spacial score (nSPS) is 12.2. The molecule has 0 atom stereocenters. The Bertz CT molecular complexity index is 1210. The van der Waals surface area contributed by atoms with E-state index in [0.29, 0.717) is 17.6 Å². The van der Waals surface area contributed by atoms with Crippen LogP contribution in [0.15, 0.2) is 89.4 Å². The Hall–Kier alpha value is -3.93. The molecule has 3 rings (SSSR count). The maximum Gasteiger partial charge on any atom is 0.331 e. The van der Waals surface area contributed by atoms with E-state index in [1.165, 1.54) is 19.1 Å². The van der Waals surface area contributed by atoms with Crippen LogP contribution in [0, 0.1) is 0 Å². The number of aliphatic carboxylic acids is 1. The SMILES string of the molecule is C=C(/C(N)=C\C=C(/C)C(=O)O)c1nc2ccccc2n(Cc2ccccc2)c1=O. The average molecular weight is 387 g/mol. The van der Waals surface area contributed by atoms with Gasteiger partial charge >= 0.3 is 5.97 Å². The molecule has 0 aliphatic carbocycles. The van der Waals surface area contributed by atoms with Crippen molar-refractivity contribution in [2.75, 3.05) is 0 Å². The topological polar surface area (TPSA) is 98.2 Å². The van der Waals surface area contributed by atoms with Crippen molar-refractivity contribution < 1.29 is 9.90 Å². The first-order chi connectivity index (χ1) is 13.9. The molecule has 0 spiro atoms. The molecule has 3 aromatic rings. The average Bonchev–Trinajstić information content (AvgIpc) is 2.73. The van der Waals surface area contributed by atoms with Gasteiger partial charge in [0.25, 0.3) is 5.56 Å². The van der Waals surface area contributed by atoms with Gasteiger partial charge in [0.15, 0.2) is 0 Å². The Balaban J connectivity index is 2.12. The Kier molecular flexibility index (Phi) is 5.74. The monoisotopic (exact) mass is 387 g/mol. The molecule has 0 aliphatic rings. The summed E-state index contributed by atoms with van der Waals surface area (Å²) in [5.74, 6) is -1.05. The quantitative estimate of drug-likeness (QED) is 0.499. The minimum atomic E-state index is -1.05. The Morgan fingerprint density at radius 1 is 1.14 bits per heavy atom. The largest absolute Gasteiger partial charge is 0.478 e. The third-order valence-electron chi connectivity index (χ3n) is 4.52. The zero-order chi connectivity index (χ0) is 21.0. The van der Waals surface area contributed by atoms with Crippen LogP contribution in [-0.2, 0) is 11.3 Å². The minimum absolute atomic E-state index is 0.119. The van der Waals surface area contributed by atoms with Crippen LogP contribution in [0.25, 0.3) is 16.6 Å². The summed E-state index contributed by atoms with van der Waals surface area (Å²) in [4.78, 5) is 28.6. The molecule has 0 fully saturated rings. The molecule has 1 heterocycles. The first-order valence-electron chi connectivity index (χ1n) is 8.99. The van der Waals surface area contributed by atoms with E-state index < -0.39 is 5.97 Å². The first-order valence-corrected chi connectivity index (χ1v) is 8.99. The lowest BCUT2D eigenvalue weighted by atomic mass is 10.1. The molecule has 2 aromatic carbocycles. The number of nitrogens with two attached hydrogens (primary N) is 1. The van der Waals surface area contributed by atoms with Crippen molar-refractivity contribution in [3.05, 3.63) is 106 Å². The van der Waals surface area contributed by atoms with Gasteiger partial charge in [-0.15, -0.1) is 0 Å². The molecule has 0 saturated carbocycles. The van der Waals surface area contributed by atoms with Gasteiger partial charge in [-0.2, -0.15) is 0 Å². The Morgan fingerprint density at radius 2 is 1.79 bits per heavy atom. The fourth-order valence-electron chi connectivity index (χ4n) is 2.84. The number of benzene rings is 2. The fourth-order valence-corrected chi connectivity index (χ4v) is 2.84. The fraction of sp³-hybridized carbons (Fsp3) is 0.0870. The van der Waals surface area contributed by atoms with Crippen LogP contribution in [0.2, 0.25) is 0 Å². The zero-order valence-electron chi connectivity index (χ0n) is 16.0. The lowest BCUT2D eigenvalue weighted by Gasteiger charge is -2.13. The molecule has 0 saturated heterocycles. The van der Waals surface area contributed by atoms with E-state index in [4.69, 9.17) is 10.8 Å². The number of para-hydroxylation sites is 2. The number of fused-ring (bicyclic) bond motifs is 1.